The fourth-order valence-corrected chi connectivity index (χ4v) is 17.9. The fourth-order valence-electron chi connectivity index (χ4n) is 16.6. The zero-order chi connectivity index (χ0) is 55.3. The molecule has 0 N–H and O–H groups in total. The third-order valence-electron chi connectivity index (χ3n) is 22.3. The van der Waals surface area contributed by atoms with Crippen molar-refractivity contribution in [2.45, 2.75) is 205 Å². The van der Waals surface area contributed by atoms with Gasteiger partial charge in [-0.3, -0.25) is 0 Å². The van der Waals surface area contributed by atoms with Crippen LogP contribution in [0.15, 0.2) is 108 Å². The number of hydrogen-bond acceptors (Lipinski definition) is 4. The van der Waals surface area contributed by atoms with E-state index in [0.29, 0.717) is 0 Å². The molecule has 0 fully saturated rings. The molecule has 0 spiro atoms. The number of fused-ring (bicyclic) bond motifs is 16. The first-order chi connectivity index (χ1) is 37.1. The molecule has 9 aromatic rings. The van der Waals surface area contributed by atoms with Gasteiger partial charge in [-0.25, -0.2) is 0 Å². The molecule has 0 bridgehead atoms. The first-order valence-corrected chi connectivity index (χ1v) is 31.0. The zero-order valence-corrected chi connectivity index (χ0v) is 51.1. The maximum Gasteiger partial charge on any atom is 0.333 e. The van der Waals surface area contributed by atoms with Crippen LogP contribution in [0.5, 0.6) is 0 Å². The molecule has 79 heavy (non-hydrogen) atoms. The van der Waals surface area contributed by atoms with E-state index in [4.69, 9.17) is 4.42 Å². The van der Waals surface area contributed by atoms with Crippen molar-refractivity contribution in [3.05, 3.63) is 148 Å². The van der Waals surface area contributed by atoms with Crippen LogP contribution < -0.4 is 20.6 Å². The summed E-state index contributed by atoms with van der Waals surface area (Å²) in [6.07, 6.45) is 9.35. The maximum atomic E-state index is 7.65. The smallest absolute Gasteiger partial charge is 0.333 e. The van der Waals surface area contributed by atoms with E-state index in [0.717, 1.165) is 36.8 Å². The van der Waals surface area contributed by atoms with Crippen LogP contribution in [0.3, 0.4) is 0 Å². The first-order valence-electron chi connectivity index (χ1n) is 30.2. The molecule has 5 heteroatoms. The van der Waals surface area contributed by atoms with Crippen LogP contribution in [0.2, 0.25) is 0 Å². The molecule has 2 aliphatic heterocycles. The lowest BCUT2D eigenvalue weighted by Crippen LogP contribution is -2.62. The van der Waals surface area contributed by atoms with Gasteiger partial charge < -0.3 is 14.1 Å². The molecule has 7 aromatic carbocycles. The Balaban J connectivity index is 1.13. The molecule has 4 aliphatic carbocycles. The highest BCUT2D eigenvalue weighted by Gasteiger charge is 2.51. The molecular weight excluding hydrogens is 976 g/mol. The van der Waals surface area contributed by atoms with E-state index in [1.165, 1.54) is 152 Å². The molecule has 15 rings (SSSR count). The largest absolute Gasteiger partial charge is 0.455 e. The summed E-state index contributed by atoms with van der Waals surface area (Å²) in [6, 6.07) is 42.5. The van der Waals surface area contributed by atoms with E-state index in [1.807, 2.05) is 11.3 Å². The molecule has 4 heterocycles. The van der Waals surface area contributed by atoms with Crippen LogP contribution in [-0.2, 0) is 43.3 Å². The van der Waals surface area contributed by atoms with Gasteiger partial charge in [0, 0.05) is 54.6 Å². The summed E-state index contributed by atoms with van der Waals surface area (Å²) in [6.45, 7) is 39.6. The van der Waals surface area contributed by atoms with Gasteiger partial charge in [0.15, 0.2) is 0 Å². The topological polar surface area (TPSA) is 19.6 Å². The van der Waals surface area contributed by atoms with Gasteiger partial charge in [0.2, 0.25) is 0 Å². The average Bonchev–Trinajstić information content (AvgIpc) is 3.73. The highest BCUT2D eigenvalue weighted by Crippen LogP contribution is 2.59. The Hall–Kier alpha value is -5.78. The highest BCUT2D eigenvalue weighted by molar-refractivity contribution is 7.26. The molecule has 0 atom stereocenters. The molecule has 2 aromatic heterocycles. The Kier molecular flexibility index (Phi) is 9.92. The Morgan fingerprint density at radius 2 is 0.911 bits per heavy atom. The first kappa shape index (κ1) is 50.2. The average molecular weight is 1060 g/mol. The van der Waals surface area contributed by atoms with Crippen LogP contribution in [0.1, 0.15) is 207 Å². The van der Waals surface area contributed by atoms with Crippen molar-refractivity contribution in [1.29, 1.82) is 0 Å². The van der Waals surface area contributed by atoms with Crippen LogP contribution in [0.25, 0.3) is 53.2 Å². The van der Waals surface area contributed by atoms with E-state index in [9.17, 15) is 0 Å². The van der Waals surface area contributed by atoms with Crippen LogP contribution in [0, 0.1) is 0 Å². The third kappa shape index (κ3) is 6.84. The van der Waals surface area contributed by atoms with Crippen molar-refractivity contribution in [3.63, 3.8) is 0 Å². The lowest BCUT2D eigenvalue weighted by Gasteiger charge is -2.49. The Morgan fingerprint density at radius 3 is 1.51 bits per heavy atom. The zero-order valence-electron chi connectivity index (χ0n) is 50.3. The fraction of sp³-hybridized carbons (Fsp3) is 0.432. The van der Waals surface area contributed by atoms with Crippen molar-refractivity contribution in [2.24, 2.45) is 0 Å². The SMILES string of the molecule is CC1(C)CCC(C)(C)c2cc(N3B4c5cc6c(cc5N(c5ccc7c(c5)C(C)(C)CCC7(C)C)c5c4c(cc4c5sc5ccccc54)-c4c3ccc3c4oc4cc5c(cc43)C(C)(C)CCC5(C)C)C(C)(C)CCC6(C)C)ccc21. The van der Waals surface area contributed by atoms with E-state index in [1.54, 1.807) is 0 Å². The Bertz CT molecular complexity index is 4180. The van der Waals surface area contributed by atoms with Gasteiger partial charge in [0.1, 0.15) is 11.2 Å². The normalized spacial score (nSPS) is 21.7. The van der Waals surface area contributed by atoms with Crippen molar-refractivity contribution in [2.75, 3.05) is 9.71 Å². The lowest BCUT2D eigenvalue weighted by molar-refractivity contribution is 0.332. The predicted molar refractivity (Wildman–Crippen MR) is 341 cm³/mol. The number of thiophene rings is 1. The minimum Gasteiger partial charge on any atom is -0.455 e. The second-order valence-electron chi connectivity index (χ2n) is 31.1. The van der Waals surface area contributed by atoms with E-state index in [-0.39, 0.29) is 50.2 Å². The minimum absolute atomic E-state index is 0.00619. The van der Waals surface area contributed by atoms with Gasteiger partial charge >= 0.3 is 6.85 Å². The number of furan rings is 1. The van der Waals surface area contributed by atoms with Gasteiger partial charge in [-0.1, -0.05) is 147 Å². The van der Waals surface area contributed by atoms with Gasteiger partial charge in [0.25, 0.3) is 0 Å². The van der Waals surface area contributed by atoms with Crippen molar-refractivity contribution >= 4 is 99.7 Å². The summed E-state index contributed by atoms with van der Waals surface area (Å²) in [7, 11) is 0. The predicted octanol–water partition coefficient (Wildman–Crippen LogP) is 20.1. The van der Waals surface area contributed by atoms with Crippen LogP contribution in [-0.4, -0.2) is 6.85 Å². The summed E-state index contributed by atoms with van der Waals surface area (Å²) < 4.78 is 10.3. The van der Waals surface area contributed by atoms with Gasteiger partial charge in [-0.2, -0.15) is 0 Å². The molecule has 0 saturated carbocycles. The van der Waals surface area contributed by atoms with Crippen molar-refractivity contribution in [1.82, 2.24) is 0 Å². The Morgan fingerprint density at radius 1 is 0.418 bits per heavy atom. The summed E-state index contributed by atoms with van der Waals surface area (Å²) in [5.41, 5.74) is 25.9. The number of nitrogens with zero attached hydrogens (tertiary/aromatic N) is 2. The van der Waals surface area contributed by atoms with Crippen LogP contribution >= 0.6 is 11.3 Å². The molecule has 6 aliphatic rings. The number of rotatable bonds is 2. The summed E-state index contributed by atoms with van der Waals surface area (Å²) in [4.78, 5) is 5.60. The molecule has 0 saturated heterocycles. The lowest BCUT2D eigenvalue weighted by atomic mass is 9.42. The second kappa shape index (κ2) is 15.6. The van der Waals surface area contributed by atoms with E-state index >= 15 is 0 Å². The Labute approximate surface area is 475 Å². The third-order valence-corrected chi connectivity index (χ3v) is 23.5. The summed E-state index contributed by atoms with van der Waals surface area (Å²) >= 11 is 1.99. The van der Waals surface area contributed by atoms with E-state index in [2.05, 4.69) is 224 Å². The van der Waals surface area contributed by atoms with Crippen molar-refractivity contribution < 1.29 is 4.42 Å². The number of hydrogen-bond donors (Lipinski definition) is 0. The van der Waals surface area contributed by atoms with Crippen LogP contribution in [0.4, 0.5) is 28.4 Å². The summed E-state index contributed by atoms with van der Waals surface area (Å²) in [5.74, 6) is 0. The highest BCUT2D eigenvalue weighted by atomic mass is 32.1. The van der Waals surface area contributed by atoms with Gasteiger partial charge in [-0.05, 0) is 222 Å². The second-order valence-corrected chi connectivity index (χ2v) is 32.1. The monoisotopic (exact) mass is 1060 g/mol. The minimum atomic E-state index is -0.133. The number of benzene rings is 7. The molecule has 0 radical (unpaired) electrons. The molecule has 0 amide bonds. The van der Waals surface area contributed by atoms with Gasteiger partial charge in [0.05, 0.1) is 10.4 Å². The quantitative estimate of drug-likeness (QED) is 0.161. The van der Waals surface area contributed by atoms with Gasteiger partial charge in [-0.15, -0.1) is 11.3 Å². The standard InChI is InChI=1S/C74H81BN2OS/c1-67(2)27-29-69(5,6)51-35-42(21-24-49(51)67)76-59-40-55-54(72(11,12)32-33-73(55,13)14)39-57(59)75-63-48(37-47-44-19-17-18-20-61(44)79-66(47)64(63)76)62-58(77(75)43-22-25-50-52(36-43)70(7,8)30-28-68(50,3)4)26-23-45-46-38-53-56(41-60(46)78-65(45)62)74(15,16)34-31-71(53,9)10/h17-26,35-41H,27-34H2,1-16H3. The molecule has 3 nitrogen and oxygen atoms in total. The molecular formula is C74H81BN2OS. The van der Waals surface area contributed by atoms with Crippen molar-refractivity contribution in [3.8, 4) is 11.1 Å². The molecule has 402 valence electrons. The number of anilines is 5. The molecule has 0 unspecified atom stereocenters. The van der Waals surface area contributed by atoms with E-state index < -0.39 is 0 Å². The summed E-state index contributed by atoms with van der Waals surface area (Å²) in [5, 5.41) is 5.08. The maximum absolute atomic E-state index is 7.65.